The lowest BCUT2D eigenvalue weighted by molar-refractivity contribution is -0.136. The molecule has 4 nitrogen and oxygen atoms in total. The van der Waals surface area contributed by atoms with Crippen LogP contribution in [0.1, 0.15) is 16.6 Å². The molecule has 0 spiro atoms. The van der Waals surface area contributed by atoms with E-state index in [1.54, 1.807) is 0 Å². The minimum Gasteiger partial charge on any atom is -0.480 e. The van der Waals surface area contributed by atoms with Crippen LogP contribution in [0.5, 0.6) is 0 Å². The molecule has 1 aromatic heterocycles. The number of carboxylic acids is 1. The molecule has 94 valence electrons. The fourth-order valence-electron chi connectivity index (χ4n) is 2.43. The maximum absolute atomic E-state index is 11.0. The number of rotatable bonds is 2. The molecule has 0 bridgehead atoms. The number of fused-ring (bicyclic) bond motifs is 1. The summed E-state index contributed by atoms with van der Waals surface area (Å²) < 4.78 is 0. The SMILES string of the molecule is Cc1[nH]c2ccccc2c1[C@@H]1NC[C@@H](C(=O)O)S1. The van der Waals surface area contributed by atoms with Gasteiger partial charge in [0.05, 0.1) is 5.37 Å². The molecule has 3 rings (SSSR count). The lowest BCUT2D eigenvalue weighted by Gasteiger charge is -2.10. The van der Waals surface area contributed by atoms with Gasteiger partial charge in [-0.3, -0.25) is 10.1 Å². The van der Waals surface area contributed by atoms with Crippen molar-refractivity contribution in [2.24, 2.45) is 0 Å². The van der Waals surface area contributed by atoms with Gasteiger partial charge in [-0.1, -0.05) is 18.2 Å². The van der Waals surface area contributed by atoms with Crippen LogP contribution in [0.3, 0.4) is 0 Å². The van der Waals surface area contributed by atoms with Crippen LogP contribution < -0.4 is 5.32 Å². The highest BCUT2D eigenvalue weighted by molar-refractivity contribution is 8.01. The van der Waals surface area contributed by atoms with E-state index in [1.165, 1.54) is 22.7 Å². The quantitative estimate of drug-likeness (QED) is 0.776. The molecule has 1 aliphatic heterocycles. The topological polar surface area (TPSA) is 65.1 Å². The Labute approximate surface area is 109 Å². The number of carbonyl (C=O) groups is 1. The second-order valence-corrected chi connectivity index (χ2v) is 5.77. The first-order valence-electron chi connectivity index (χ1n) is 5.85. The van der Waals surface area contributed by atoms with Crippen LogP contribution in [0.15, 0.2) is 24.3 Å². The van der Waals surface area contributed by atoms with E-state index >= 15 is 0 Å². The number of aromatic nitrogens is 1. The van der Waals surface area contributed by atoms with Crippen molar-refractivity contribution in [2.45, 2.75) is 17.5 Å². The molecule has 0 radical (unpaired) electrons. The Hall–Kier alpha value is -1.46. The largest absolute Gasteiger partial charge is 0.480 e. The van der Waals surface area contributed by atoms with E-state index in [-0.39, 0.29) is 10.6 Å². The van der Waals surface area contributed by atoms with Gasteiger partial charge in [0.25, 0.3) is 0 Å². The molecule has 3 N–H and O–H groups in total. The summed E-state index contributed by atoms with van der Waals surface area (Å²) in [4.78, 5) is 14.3. The Balaban J connectivity index is 2.00. The third-order valence-electron chi connectivity index (χ3n) is 3.27. The molecular formula is C13H14N2O2S. The molecular weight excluding hydrogens is 248 g/mol. The van der Waals surface area contributed by atoms with Gasteiger partial charge in [-0.05, 0) is 13.0 Å². The minimum atomic E-state index is -0.743. The van der Waals surface area contributed by atoms with Crippen LogP contribution in [0.25, 0.3) is 10.9 Å². The number of aromatic amines is 1. The number of nitrogens with one attached hydrogen (secondary N) is 2. The number of para-hydroxylation sites is 1. The molecule has 2 aromatic rings. The Morgan fingerprint density at radius 2 is 2.22 bits per heavy atom. The van der Waals surface area contributed by atoms with Crippen LogP contribution >= 0.6 is 11.8 Å². The van der Waals surface area contributed by atoms with Crippen LogP contribution in [0, 0.1) is 6.92 Å². The molecule has 18 heavy (non-hydrogen) atoms. The van der Waals surface area contributed by atoms with Gasteiger partial charge >= 0.3 is 5.97 Å². The van der Waals surface area contributed by atoms with Crippen molar-refractivity contribution in [3.63, 3.8) is 0 Å². The van der Waals surface area contributed by atoms with Gasteiger partial charge in [0, 0.05) is 28.7 Å². The third-order valence-corrected chi connectivity index (χ3v) is 4.64. The standard InChI is InChI=1S/C13H14N2O2S/c1-7-11(8-4-2-3-5-9(8)15-7)12-14-6-10(18-12)13(16)17/h2-5,10,12,14-15H,6H2,1H3,(H,16,17)/t10-,12+/m0/s1. The van der Waals surface area contributed by atoms with Crippen molar-refractivity contribution in [2.75, 3.05) is 6.54 Å². The fraction of sp³-hybridized carbons (Fsp3) is 0.308. The molecule has 2 atom stereocenters. The molecule has 1 aliphatic rings. The van der Waals surface area contributed by atoms with Crippen LogP contribution in [0.4, 0.5) is 0 Å². The zero-order valence-electron chi connectivity index (χ0n) is 9.93. The average Bonchev–Trinajstić information content (AvgIpc) is 2.91. The van der Waals surface area contributed by atoms with Gasteiger partial charge < -0.3 is 10.1 Å². The highest BCUT2D eigenvalue weighted by atomic mass is 32.2. The predicted octanol–water partition coefficient (Wildman–Crippen LogP) is 2.26. The summed E-state index contributed by atoms with van der Waals surface area (Å²) in [5.74, 6) is -0.743. The molecule has 0 aliphatic carbocycles. The van der Waals surface area contributed by atoms with Gasteiger partial charge in [0.2, 0.25) is 0 Å². The van der Waals surface area contributed by atoms with Crippen molar-refractivity contribution in [1.82, 2.24) is 10.3 Å². The fourth-order valence-corrected chi connectivity index (χ4v) is 3.70. The van der Waals surface area contributed by atoms with E-state index in [1.807, 2.05) is 25.1 Å². The number of aryl methyl sites for hydroxylation is 1. The van der Waals surface area contributed by atoms with E-state index in [4.69, 9.17) is 5.11 Å². The lowest BCUT2D eigenvalue weighted by atomic mass is 10.1. The Bertz CT molecular complexity index is 608. The van der Waals surface area contributed by atoms with Gasteiger partial charge in [0.1, 0.15) is 5.25 Å². The van der Waals surface area contributed by atoms with Crippen molar-refractivity contribution in [3.05, 3.63) is 35.5 Å². The Kier molecular flexibility index (Phi) is 2.80. The zero-order valence-corrected chi connectivity index (χ0v) is 10.8. The normalized spacial score (nSPS) is 23.6. The second kappa shape index (κ2) is 4.33. The first kappa shape index (κ1) is 11.6. The number of hydrogen-bond donors (Lipinski definition) is 3. The van der Waals surface area contributed by atoms with Crippen molar-refractivity contribution in [1.29, 1.82) is 0 Å². The molecule has 0 unspecified atom stereocenters. The van der Waals surface area contributed by atoms with E-state index in [0.29, 0.717) is 6.54 Å². The first-order chi connectivity index (χ1) is 8.66. The molecule has 1 aromatic carbocycles. The van der Waals surface area contributed by atoms with Crippen molar-refractivity contribution >= 4 is 28.6 Å². The Morgan fingerprint density at radius 3 is 2.94 bits per heavy atom. The van der Waals surface area contributed by atoms with Crippen LogP contribution in [0.2, 0.25) is 0 Å². The molecule has 1 fully saturated rings. The maximum atomic E-state index is 11.0. The predicted molar refractivity (Wildman–Crippen MR) is 72.8 cm³/mol. The molecule has 5 heteroatoms. The number of carboxylic acid groups (broad SMARTS) is 1. The summed E-state index contributed by atoms with van der Waals surface area (Å²) in [6.07, 6.45) is 0. The van der Waals surface area contributed by atoms with Crippen LogP contribution in [-0.2, 0) is 4.79 Å². The van der Waals surface area contributed by atoms with Gasteiger partial charge in [-0.15, -0.1) is 11.8 Å². The molecule has 1 saturated heterocycles. The summed E-state index contributed by atoms with van der Waals surface area (Å²) in [6, 6.07) is 8.12. The first-order valence-corrected chi connectivity index (χ1v) is 6.80. The number of hydrogen-bond acceptors (Lipinski definition) is 3. The maximum Gasteiger partial charge on any atom is 0.318 e. The highest BCUT2D eigenvalue weighted by Gasteiger charge is 2.32. The number of aliphatic carboxylic acids is 1. The smallest absolute Gasteiger partial charge is 0.318 e. The van der Waals surface area contributed by atoms with Gasteiger partial charge in [-0.2, -0.15) is 0 Å². The highest BCUT2D eigenvalue weighted by Crippen LogP contribution is 2.39. The summed E-state index contributed by atoms with van der Waals surface area (Å²) in [7, 11) is 0. The van der Waals surface area contributed by atoms with Crippen LogP contribution in [-0.4, -0.2) is 27.9 Å². The number of thioether (sulfide) groups is 1. The zero-order chi connectivity index (χ0) is 12.7. The monoisotopic (exact) mass is 262 g/mol. The van der Waals surface area contributed by atoms with E-state index in [0.717, 1.165) is 11.2 Å². The van der Waals surface area contributed by atoms with E-state index in [9.17, 15) is 4.79 Å². The van der Waals surface area contributed by atoms with Crippen molar-refractivity contribution < 1.29 is 9.90 Å². The molecule has 2 heterocycles. The lowest BCUT2D eigenvalue weighted by Crippen LogP contribution is -2.21. The summed E-state index contributed by atoms with van der Waals surface area (Å²) in [5.41, 5.74) is 3.39. The van der Waals surface area contributed by atoms with Crippen molar-refractivity contribution in [3.8, 4) is 0 Å². The number of H-pyrrole nitrogens is 1. The summed E-state index contributed by atoms with van der Waals surface area (Å²) in [5, 5.41) is 13.2. The summed E-state index contributed by atoms with van der Waals surface area (Å²) in [6.45, 7) is 2.55. The third kappa shape index (κ3) is 1.79. The molecule has 0 amide bonds. The Morgan fingerprint density at radius 1 is 1.44 bits per heavy atom. The summed E-state index contributed by atoms with van der Waals surface area (Å²) >= 11 is 1.47. The van der Waals surface area contributed by atoms with Gasteiger partial charge in [-0.25, -0.2) is 0 Å². The minimum absolute atomic E-state index is 0.0576. The second-order valence-electron chi connectivity index (χ2n) is 4.46. The van der Waals surface area contributed by atoms with E-state index in [2.05, 4.69) is 16.4 Å². The van der Waals surface area contributed by atoms with Gasteiger partial charge in [0.15, 0.2) is 0 Å². The van der Waals surface area contributed by atoms with E-state index < -0.39 is 5.97 Å². The number of benzene rings is 1. The molecule has 0 saturated carbocycles. The average molecular weight is 262 g/mol.